The van der Waals surface area contributed by atoms with Gasteiger partial charge in [-0.2, -0.15) is 0 Å². The van der Waals surface area contributed by atoms with Gasteiger partial charge in [0, 0.05) is 6.42 Å². The maximum atomic E-state index is 13.0. The van der Waals surface area contributed by atoms with Crippen LogP contribution >= 0.6 is 7.82 Å². The number of likely N-dealkylation sites (N-methyl/N-ethyl adjacent to an activating group) is 1. The zero-order chi connectivity index (χ0) is 61.2. The van der Waals surface area contributed by atoms with Crippen molar-refractivity contribution in [3.8, 4) is 0 Å². The lowest BCUT2D eigenvalue weighted by molar-refractivity contribution is -0.870. The van der Waals surface area contributed by atoms with Gasteiger partial charge in [-0.25, -0.2) is 0 Å². The minimum absolute atomic E-state index is 0.00830. The Morgan fingerprint density at radius 3 is 1.11 bits per heavy atom. The molecule has 8 nitrogen and oxygen atoms in total. The monoisotopic (exact) mass is 1200 g/mol. The number of quaternary nitrogens is 1. The summed E-state index contributed by atoms with van der Waals surface area (Å²) in [4.78, 5) is 25.6. The topological polar surface area (TPSA) is 108 Å². The molecule has 0 rings (SSSR count). The summed E-state index contributed by atoms with van der Waals surface area (Å²) < 4.78 is 23.5. The van der Waals surface area contributed by atoms with E-state index >= 15 is 0 Å². The van der Waals surface area contributed by atoms with Crippen molar-refractivity contribution in [3.05, 3.63) is 85.1 Å². The van der Waals surface area contributed by atoms with E-state index < -0.39 is 26.6 Å². The Bertz CT molecular complexity index is 1650. The van der Waals surface area contributed by atoms with Crippen LogP contribution in [-0.4, -0.2) is 68.5 Å². The van der Waals surface area contributed by atoms with Gasteiger partial charge in [-0.1, -0.05) is 336 Å². The molecule has 0 heterocycles. The summed E-state index contributed by atoms with van der Waals surface area (Å²) in [6.07, 6.45) is 92.9. The average molecular weight is 1200 g/mol. The number of rotatable bonds is 66. The summed E-state index contributed by atoms with van der Waals surface area (Å²) >= 11 is 0. The van der Waals surface area contributed by atoms with Gasteiger partial charge in [-0.05, 0) is 77.0 Å². The van der Waals surface area contributed by atoms with Crippen molar-refractivity contribution >= 4 is 13.7 Å². The molecule has 3 unspecified atom stereocenters. The maximum Gasteiger partial charge on any atom is 0.268 e. The lowest BCUT2D eigenvalue weighted by Gasteiger charge is -2.29. The van der Waals surface area contributed by atoms with Crippen molar-refractivity contribution in [2.45, 2.75) is 347 Å². The van der Waals surface area contributed by atoms with Gasteiger partial charge in [-0.3, -0.25) is 9.36 Å². The highest BCUT2D eigenvalue weighted by atomic mass is 31.2. The maximum absolute atomic E-state index is 13.0. The lowest BCUT2D eigenvalue weighted by Crippen LogP contribution is -2.45. The van der Waals surface area contributed by atoms with E-state index in [-0.39, 0.29) is 12.5 Å². The van der Waals surface area contributed by atoms with Gasteiger partial charge >= 0.3 is 0 Å². The zero-order valence-electron chi connectivity index (χ0n) is 56.1. The number of allylic oxidation sites excluding steroid dienone is 13. The summed E-state index contributed by atoms with van der Waals surface area (Å²) in [6.45, 7) is 4.55. The minimum Gasteiger partial charge on any atom is -0.756 e. The molecule has 0 aliphatic carbocycles. The van der Waals surface area contributed by atoms with E-state index in [0.717, 1.165) is 70.6 Å². The number of nitrogens with zero attached hydrogens (tertiary/aromatic N) is 1. The van der Waals surface area contributed by atoms with Gasteiger partial charge in [0.1, 0.15) is 13.2 Å². The first kappa shape index (κ1) is 81.7. The van der Waals surface area contributed by atoms with E-state index in [9.17, 15) is 19.4 Å². The van der Waals surface area contributed by atoms with E-state index in [0.29, 0.717) is 17.4 Å². The number of unbranched alkanes of at least 4 members (excludes halogenated alkanes) is 41. The number of hydrogen-bond donors (Lipinski definition) is 2. The van der Waals surface area contributed by atoms with Crippen molar-refractivity contribution < 1.29 is 32.9 Å². The molecule has 0 saturated carbocycles. The lowest BCUT2D eigenvalue weighted by atomic mass is 10.0. The Kier molecular flexibility index (Phi) is 63.3. The number of carbonyl (C=O) groups excluding carboxylic acids is 1. The Labute approximate surface area is 522 Å². The Morgan fingerprint density at radius 2 is 0.738 bits per heavy atom. The van der Waals surface area contributed by atoms with Gasteiger partial charge < -0.3 is 28.8 Å². The van der Waals surface area contributed by atoms with Gasteiger partial charge in [-0.15, -0.1) is 0 Å². The van der Waals surface area contributed by atoms with Crippen LogP contribution in [0.3, 0.4) is 0 Å². The summed E-state index contributed by atoms with van der Waals surface area (Å²) in [6, 6.07) is -0.909. The molecule has 0 aromatic heterocycles. The van der Waals surface area contributed by atoms with E-state index in [1.54, 1.807) is 6.08 Å². The quantitative estimate of drug-likeness (QED) is 0.0272. The zero-order valence-corrected chi connectivity index (χ0v) is 57.0. The predicted molar refractivity (Wildman–Crippen MR) is 367 cm³/mol. The number of hydrogen-bond acceptors (Lipinski definition) is 6. The van der Waals surface area contributed by atoms with E-state index in [2.05, 4.69) is 92.1 Å². The third kappa shape index (κ3) is 67.2. The van der Waals surface area contributed by atoms with Crippen LogP contribution < -0.4 is 10.2 Å². The molecule has 1 amide bonds. The predicted octanol–water partition coefficient (Wildman–Crippen LogP) is 22.5. The third-order valence-corrected chi connectivity index (χ3v) is 17.1. The first-order chi connectivity index (χ1) is 41.0. The number of aliphatic hydroxyl groups excluding tert-OH is 1. The molecule has 0 aliphatic rings. The molecule has 0 aromatic carbocycles. The van der Waals surface area contributed by atoms with Crippen molar-refractivity contribution in [1.29, 1.82) is 0 Å². The normalized spacial score (nSPS) is 14.1. The smallest absolute Gasteiger partial charge is 0.268 e. The molecule has 0 aliphatic heterocycles. The molecule has 490 valence electrons. The Balaban J connectivity index is 4.09. The molecular formula is C75H139N2O6P. The van der Waals surface area contributed by atoms with Crippen LogP contribution in [0.1, 0.15) is 335 Å². The van der Waals surface area contributed by atoms with E-state index in [1.807, 2.05) is 27.2 Å². The first-order valence-electron chi connectivity index (χ1n) is 35.9. The number of phosphoric acid groups is 1. The molecule has 9 heteroatoms. The highest BCUT2D eigenvalue weighted by molar-refractivity contribution is 7.45. The standard InChI is InChI=1S/C75H139N2O6P/c1-6-8-10-12-14-16-18-20-22-24-26-28-30-32-34-36-38-40-42-44-46-48-50-52-54-56-58-60-62-64-66-68-74(78)73(72-83-84(80,81)82-71-70-77(3,4)5)76-75(79)69-67-65-63-61-59-57-55-53-51-49-47-45-43-41-39-37-35-33-31-29-27-25-23-21-19-17-15-13-11-9-7-2/h9,11,15,17,21,23,27,29,33,35,58,60,66,68,73-74,78H,6-8,10,12-14,16,18-20,22,24-26,28,30-32,34,36-57,59,61-65,67,69-72H2,1-5H3,(H-,76,79,80,81)/b11-9-,17-15-,23-21-,29-27-,35-33-,60-58+,68-66+. The van der Waals surface area contributed by atoms with Crippen molar-refractivity contribution in [2.75, 3.05) is 40.9 Å². The van der Waals surface area contributed by atoms with Crippen LogP contribution in [0.5, 0.6) is 0 Å². The molecule has 0 saturated heterocycles. The number of phosphoric ester groups is 1. The van der Waals surface area contributed by atoms with Crippen LogP contribution in [0.2, 0.25) is 0 Å². The molecule has 84 heavy (non-hydrogen) atoms. The number of carbonyl (C=O) groups is 1. The van der Waals surface area contributed by atoms with Crippen LogP contribution in [0, 0.1) is 0 Å². The molecule has 2 N–H and O–H groups in total. The van der Waals surface area contributed by atoms with E-state index in [4.69, 9.17) is 9.05 Å². The summed E-state index contributed by atoms with van der Waals surface area (Å²) in [5.74, 6) is -0.206. The SMILES string of the molecule is CC/C=C\C/C=C\C/C=C\C/C=C\C/C=C\CCCCCCCCCCCCCCCCCC(=O)NC(COP(=O)([O-])OCC[N+](C)(C)C)C(O)/C=C/CC/C=C/CCCCCCCCCCCCCCCCCCCCCCCCCCC. The molecule has 0 spiro atoms. The van der Waals surface area contributed by atoms with Gasteiger partial charge in [0.25, 0.3) is 7.82 Å². The number of amides is 1. The van der Waals surface area contributed by atoms with Crippen LogP contribution in [0.25, 0.3) is 0 Å². The van der Waals surface area contributed by atoms with Crippen LogP contribution in [0.4, 0.5) is 0 Å². The first-order valence-corrected chi connectivity index (χ1v) is 37.4. The minimum atomic E-state index is -4.62. The van der Waals surface area contributed by atoms with Crippen molar-refractivity contribution in [2.24, 2.45) is 0 Å². The molecule has 3 atom stereocenters. The Morgan fingerprint density at radius 1 is 0.429 bits per heavy atom. The van der Waals surface area contributed by atoms with Crippen LogP contribution in [-0.2, 0) is 18.4 Å². The molecular weight excluding hydrogens is 1060 g/mol. The highest BCUT2D eigenvalue weighted by Crippen LogP contribution is 2.38. The van der Waals surface area contributed by atoms with Crippen molar-refractivity contribution in [3.63, 3.8) is 0 Å². The van der Waals surface area contributed by atoms with Gasteiger partial charge in [0.15, 0.2) is 0 Å². The summed E-state index contributed by atoms with van der Waals surface area (Å²) in [5, 5.41) is 14.0. The third-order valence-electron chi connectivity index (χ3n) is 16.1. The fourth-order valence-electron chi connectivity index (χ4n) is 10.6. The largest absolute Gasteiger partial charge is 0.756 e. The molecule has 0 bridgehead atoms. The fourth-order valence-corrected chi connectivity index (χ4v) is 11.3. The Hall–Kier alpha value is -2.32. The van der Waals surface area contributed by atoms with Crippen molar-refractivity contribution in [1.82, 2.24) is 5.32 Å². The average Bonchev–Trinajstić information content (AvgIpc) is 3.56. The summed E-state index contributed by atoms with van der Waals surface area (Å²) in [7, 11) is 1.25. The van der Waals surface area contributed by atoms with E-state index in [1.165, 1.54) is 244 Å². The molecule has 0 fully saturated rings. The second-order valence-electron chi connectivity index (χ2n) is 25.6. The molecule has 0 radical (unpaired) electrons. The second-order valence-corrected chi connectivity index (χ2v) is 27.0. The summed E-state index contributed by atoms with van der Waals surface area (Å²) in [5.41, 5.74) is 0. The van der Waals surface area contributed by atoms with Gasteiger partial charge in [0.05, 0.1) is 39.9 Å². The number of nitrogens with one attached hydrogen (secondary N) is 1. The van der Waals surface area contributed by atoms with Gasteiger partial charge in [0.2, 0.25) is 5.91 Å². The fraction of sp³-hybridized carbons (Fsp3) is 0.800. The van der Waals surface area contributed by atoms with Crippen LogP contribution in [0.15, 0.2) is 85.1 Å². The molecule has 0 aromatic rings. The second kappa shape index (κ2) is 65.1. The highest BCUT2D eigenvalue weighted by Gasteiger charge is 2.23. The number of aliphatic hydroxyl groups is 1.